The van der Waals surface area contributed by atoms with Gasteiger partial charge in [-0.15, -0.1) is 0 Å². The summed E-state index contributed by atoms with van der Waals surface area (Å²) < 4.78 is 16.6. The number of aliphatic imine (C=N–C) groups is 1. The molecule has 0 radical (unpaired) electrons. The van der Waals surface area contributed by atoms with E-state index in [2.05, 4.69) is 4.99 Å². The topological polar surface area (TPSA) is 57.1 Å². The Morgan fingerprint density at radius 1 is 0.969 bits per heavy atom. The van der Waals surface area contributed by atoms with E-state index < -0.39 is 5.97 Å². The van der Waals surface area contributed by atoms with E-state index in [0.717, 1.165) is 5.56 Å². The van der Waals surface area contributed by atoms with Crippen LogP contribution < -0.4 is 9.47 Å². The van der Waals surface area contributed by atoms with E-state index in [4.69, 9.17) is 49.0 Å². The standard InChI is InChI=1S/C24H16Cl3NO4/c1-30-22-11-14(5-8-21(22)31-13-15-3-2-4-16(25)9-15)10-20-24(29)32-23(28-20)18-7-6-17(26)12-19(18)27/h2-12H,13H2,1H3/b20-10-. The van der Waals surface area contributed by atoms with Crippen LogP contribution in [0.5, 0.6) is 11.5 Å². The van der Waals surface area contributed by atoms with E-state index in [-0.39, 0.29) is 11.6 Å². The van der Waals surface area contributed by atoms with Gasteiger partial charge in [0.25, 0.3) is 0 Å². The average Bonchev–Trinajstić information content (AvgIpc) is 3.12. The summed E-state index contributed by atoms with van der Waals surface area (Å²) in [5.41, 5.74) is 2.24. The number of hydrogen-bond donors (Lipinski definition) is 0. The van der Waals surface area contributed by atoms with Crippen LogP contribution in [0.3, 0.4) is 0 Å². The molecule has 1 aliphatic heterocycles. The molecule has 0 bridgehead atoms. The molecule has 0 aliphatic carbocycles. The Labute approximate surface area is 199 Å². The van der Waals surface area contributed by atoms with Gasteiger partial charge in [0.2, 0.25) is 5.90 Å². The Hall–Kier alpha value is -2.99. The zero-order valence-electron chi connectivity index (χ0n) is 16.8. The number of carbonyl (C=O) groups is 1. The zero-order valence-corrected chi connectivity index (χ0v) is 19.0. The molecular formula is C24H16Cl3NO4. The number of nitrogens with zero attached hydrogens (tertiary/aromatic N) is 1. The van der Waals surface area contributed by atoms with Gasteiger partial charge in [-0.3, -0.25) is 0 Å². The number of ether oxygens (including phenoxy) is 3. The third kappa shape index (κ3) is 5.07. The van der Waals surface area contributed by atoms with Gasteiger partial charge in [-0.2, -0.15) is 0 Å². The van der Waals surface area contributed by atoms with Crippen molar-refractivity contribution in [2.45, 2.75) is 6.61 Å². The number of halogens is 3. The highest BCUT2D eigenvalue weighted by molar-refractivity contribution is 6.37. The fourth-order valence-electron chi connectivity index (χ4n) is 3.03. The molecule has 3 aromatic carbocycles. The van der Waals surface area contributed by atoms with Crippen LogP contribution in [0.1, 0.15) is 16.7 Å². The second-order valence-corrected chi connectivity index (χ2v) is 8.07. The van der Waals surface area contributed by atoms with Crippen LogP contribution in [-0.2, 0) is 16.1 Å². The summed E-state index contributed by atoms with van der Waals surface area (Å²) in [5.74, 6) is 0.612. The second-order valence-electron chi connectivity index (χ2n) is 6.79. The number of esters is 1. The van der Waals surface area contributed by atoms with Crippen molar-refractivity contribution in [3.05, 3.63) is 98.1 Å². The maximum absolute atomic E-state index is 12.3. The summed E-state index contributed by atoms with van der Waals surface area (Å²) in [6.45, 7) is 0.333. The van der Waals surface area contributed by atoms with Crippen LogP contribution in [-0.4, -0.2) is 19.0 Å². The lowest BCUT2D eigenvalue weighted by Crippen LogP contribution is -2.05. The Balaban J connectivity index is 1.55. The van der Waals surface area contributed by atoms with Gasteiger partial charge in [0.1, 0.15) is 6.61 Å². The van der Waals surface area contributed by atoms with Gasteiger partial charge < -0.3 is 14.2 Å². The minimum absolute atomic E-state index is 0.122. The summed E-state index contributed by atoms with van der Waals surface area (Å²) in [4.78, 5) is 16.6. The maximum atomic E-state index is 12.3. The molecule has 3 aromatic rings. The summed E-state index contributed by atoms with van der Waals surface area (Å²) in [7, 11) is 1.54. The quantitative estimate of drug-likeness (QED) is 0.290. The predicted octanol–water partition coefficient (Wildman–Crippen LogP) is 6.58. The van der Waals surface area contributed by atoms with E-state index in [1.54, 1.807) is 55.7 Å². The monoisotopic (exact) mass is 487 g/mol. The van der Waals surface area contributed by atoms with Crippen molar-refractivity contribution in [2.75, 3.05) is 7.11 Å². The van der Waals surface area contributed by atoms with Crippen LogP contribution in [0.4, 0.5) is 0 Å². The van der Waals surface area contributed by atoms with Gasteiger partial charge in [0.05, 0.1) is 17.7 Å². The molecule has 0 amide bonds. The summed E-state index contributed by atoms with van der Waals surface area (Å²) in [5, 5.41) is 1.46. The smallest absolute Gasteiger partial charge is 0.363 e. The van der Waals surface area contributed by atoms with E-state index in [0.29, 0.717) is 44.3 Å². The van der Waals surface area contributed by atoms with Crippen molar-refractivity contribution in [1.29, 1.82) is 0 Å². The number of cyclic esters (lactones) is 1. The zero-order chi connectivity index (χ0) is 22.7. The molecule has 5 nitrogen and oxygen atoms in total. The Bertz CT molecular complexity index is 1250. The molecule has 8 heteroatoms. The summed E-state index contributed by atoms with van der Waals surface area (Å²) in [6.07, 6.45) is 1.60. The first kappa shape index (κ1) is 22.2. The Morgan fingerprint density at radius 3 is 2.53 bits per heavy atom. The first-order valence-electron chi connectivity index (χ1n) is 9.46. The SMILES string of the molecule is COc1cc(/C=C2\N=C(c3ccc(Cl)cc3Cl)OC2=O)ccc1OCc1cccc(Cl)c1. The number of methoxy groups -OCH3 is 1. The second kappa shape index (κ2) is 9.65. The lowest BCUT2D eigenvalue weighted by molar-refractivity contribution is -0.129. The highest BCUT2D eigenvalue weighted by atomic mass is 35.5. The average molecular weight is 489 g/mol. The lowest BCUT2D eigenvalue weighted by Gasteiger charge is -2.11. The van der Waals surface area contributed by atoms with E-state index in [9.17, 15) is 4.79 Å². The maximum Gasteiger partial charge on any atom is 0.363 e. The minimum Gasteiger partial charge on any atom is -0.493 e. The number of rotatable bonds is 6. The Morgan fingerprint density at radius 2 is 1.78 bits per heavy atom. The van der Waals surface area contributed by atoms with Crippen LogP contribution in [0.25, 0.3) is 6.08 Å². The molecule has 0 spiro atoms. The number of carbonyl (C=O) groups excluding carboxylic acids is 1. The molecule has 0 fully saturated rings. The third-order valence-corrected chi connectivity index (χ3v) is 5.34. The normalized spacial score (nSPS) is 14.3. The van der Waals surface area contributed by atoms with Gasteiger partial charge >= 0.3 is 5.97 Å². The fourth-order valence-corrected chi connectivity index (χ4v) is 3.73. The molecule has 1 heterocycles. The largest absolute Gasteiger partial charge is 0.493 e. The number of benzene rings is 3. The highest BCUT2D eigenvalue weighted by Crippen LogP contribution is 2.31. The molecule has 0 unspecified atom stereocenters. The van der Waals surface area contributed by atoms with Crippen molar-refractivity contribution in [3.63, 3.8) is 0 Å². The van der Waals surface area contributed by atoms with Crippen molar-refractivity contribution in [3.8, 4) is 11.5 Å². The van der Waals surface area contributed by atoms with E-state index in [1.807, 2.05) is 18.2 Å². The first-order chi connectivity index (χ1) is 15.4. The molecule has 1 aliphatic rings. The molecule has 162 valence electrons. The van der Waals surface area contributed by atoms with Crippen LogP contribution in [0.2, 0.25) is 15.1 Å². The minimum atomic E-state index is -0.578. The third-order valence-electron chi connectivity index (χ3n) is 4.56. The van der Waals surface area contributed by atoms with Crippen molar-refractivity contribution < 1.29 is 19.0 Å². The first-order valence-corrected chi connectivity index (χ1v) is 10.6. The summed E-state index contributed by atoms with van der Waals surface area (Å²) >= 11 is 18.1. The fraction of sp³-hybridized carbons (Fsp3) is 0.0833. The lowest BCUT2D eigenvalue weighted by atomic mass is 10.1. The molecule has 0 aromatic heterocycles. The van der Waals surface area contributed by atoms with Crippen LogP contribution in [0, 0.1) is 0 Å². The van der Waals surface area contributed by atoms with Gasteiger partial charge in [0, 0.05) is 10.0 Å². The molecule has 0 saturated heterocycles. The van der Waals surface area contributed by atoms with Gasteiger partial charge in [-0.1, -0.05) is 53.0 Å². The number of hydrogen-bond acceptors (Lipinski definition) is 5. The van der Waals surface area contributed by atoms with Crippen LogP contribution >= 0.6 is 34.8 Å². The summed E-state index contributed by atoms with van der Waals surface area (Å²) in [6, 6.07) is 17.6. The van der Waals surface area contributed by atoms with Gasteiger partial charge in [-0.05, 0) is 59.7 Å². The molecule has 0 saturated carbocycles. The van der Waals surface area contributed by atoms with Crippen LogP contribution in [0.15, 0.2) is 71.4 Å². The molecule has 0 N–H and O–H groups in total. The molecule has 4 rings (SSSR count). The van der Waals surface area contributed by atoms with Crippen molar-refractivity contribution >= 4 is 52.7 Å². The molecule has 0 atom stereocenters. The molecule has 32 heavy (non-hydrogen) atoms. The predicted molar refractivity (Wildman–Crippen MR) is 126 cm³/mol. The van der Waals surface area contributed by atoms with Gasteiger partial charge in [-0.25, -0.2) is 9.79 Å². The Kier molecular flexibility index (Phi) is 6.70. The van der Waals surface area contributed by atoms with Crippen molar-refractivity contribution in [1.82, 2.24) is 0 Å². The highest BCUT2D eigenvalue weighted by Gasteiger charge is 2.25. The van der Waals surface area contributed by atoms with Crippen molar-refractivity contribution in [2.24, 2.45) is 4.99 Å². The molecular weight excluding hydrogens is 473 g/mol. The van der Waals surface area contributed by atoms with Gasteiger partial charge in [0.15, 0.2) is 17.2 Å². The van der Waals surface area contributed by atoms with E-state index in [1.165, 1.54) is 0 Å². The van der Waals surface area contributed by atoms with E-state index >= 15 is 0 Å².